The van der Waals surface area contributed by atoms with Gasteiger partial charge in [0.05, 0.1) is 6.04 Å². The maximum atomic E-state index is 12.2. The van der Waals surface area contributed by atoms with Crippen molar-refractivity contribution in [2.24, 2.45) is 0 Å². The molecule has 5 heteroatoms. The molecule has 1 aromatic rings. The molecule has 1 N–H and O–H groups in total. The van der Waals surface area contributed by atoms with Gasteiger partial charge in [-0.3, -0.25) is 9.59 Å². The van der Waals surface area contributed by atoms with E-state index in [9.17, 15) is 9.59 Å². The molecule has 1 aliphatic rings. The molecule has 1 heterocycles. The van der Waals surface area contributed by atoms with Crippen LogP contribution >= 0.6 is 0 Å². The summed E-state index contributed by atoms with van der Waals surface area (Å²) in [4.78, 5) is 28.1. The summed E-state index contributed by atoms with van der Waals surface area (Å²) in [7, 11) is 0. The molecular formula is C16H23N3O2. The van der Waals surface area contributed by atoms with Crippen LogP contribution < -0.4 is 5.32 Å². The van der Waals surface area contributed by atoms with Gasteiger partial charge in [-0.2, -0.15) is 0 Å². The van der Waals surface area contributed by atoms with E-state index in [0.29, 0.717) is 13.1 Å². The van der Waals surface area contributed by atoms with Gasteiger partial charge in [0.25, 0.3) is 0 Å². The van der Waals surface area contributed by atoms with E-state index < -0.39 is 11.8 Å². The van der Waals surface area contributed by atoms with Gasteiger partial charge >= 0.3 is 11.8 Å². The lowest BCUT2D eigenvalue weighted by Gasteiger charge is -2.33. The molecule has 1 atom stereocenters. The molecule has 0 aliphatic carbocycles. The zero-order valence-electron chi connectivity index (χ0n) is 12.7. The topological polar surface area (TPSA) is 52.7 Å². The van der Waals surface area contributed by atoms with Gasteiger partial charge in [0.15, 0.2) is 0 Å². The molecule has 0 radical (unpaired) electrons. The van der Waals surface area contributed by atoms with Crippen molar-refractivity contribution in [2.75, 3.05) is 32.7 Å². The molecule has 114 valence electrons. The van der Waals surface area contributed by atoms with Gasteiger partial charge in [0.2, 0.25) is 0 Å². The molecule has 1 unspecified atom stereocenters. The number of likely N-dealkylation sites (N-methyl/N-ethyl adjacent to an activating group) is 1. The number of piperazine rings is 1. The molecule has 1 aromatic carbocycles. The Balaban J connectivity index is 1.87. The molecular weight excluding hydrogens is 266 g/mol. The standard InChI is InChI=1S/C16H23N3O2/c1-3-18-9-11-19(12-10-18)16(21)15(20)17-13(2)14-7-5-4-6-8-14/h4-8,13H,3,9-12H2,1-2H3,(H,17,20). The number of carbonyl (C=O) groups excluding carboxylic acids is 2. The highest BCUT2D eigenvalue weighted by atomic mass is 16.2. The van der Waals surface area contributed by atoms with Gasteiger partial charge in [-0.05, 0) is 19.0 Å². The number of hydrogen-bond donors (Lipinski definition) is 1. The van der Waals surface area contributed by atoms with Crippen molar-refractivity contribution in [1.82, 2.24) is 15.1 Å². The molecule has 5 nitrogen and oxygen atoms in total. The van der Waals surface area contributed by atoms with E-state index in [4.69, 9.17) is 0 Å². The van der Waals surface area contributed by atoms with Gasteiger partial charge in [-0.25, -0.2) is 0 Å². The highest BCUT2D eigenvalue weighted by Crippen LogP contribution is 2.11. The molecule has 0 bridgehead atoms. The van der Waals surface area contributed by atoms with E-state index in [1.807, 2.05) is 37.3 Å². The first-order chi connectivity index (χ1) is 10.1. The van der Waals surface area contributed by atoms with Crippen molar-refractivity contribution in [1.29, 1.82) is 0 Å². The molecule has 0 spiro atoms. The zero-order chi connectivity index (χ0) is 15.2. The Bertz CT molecular complexity index is 482. The second kappa shape index (κ2) is 7.22. The Labute approximate surface area is 125 Å². The number of amides is 2. The Morgan fingerprint density at radius 3 is 2.33 bits per heavy atom. The van der Waals surface area contributed by atoms with Crippen LogP contribution in [-0.4, -0.2) is 54.3 Å². The minimum absolute atomic E-state index is 0.167. The van der Waals surface area contributed by atoms with Crippen molar-refractivity contribution in [2.45, 2.75) is 19.9 Å². The van der Waals surface area contributed by atoms with Crippen molar-refractivity contribution in [3.63, 3.8) is 0 Å². The van der Waals surface area contributed by atoms with Gasteiger partial charge < -0.3 is 15.1 Å². The predicted molar refractivity (Wildman–Crippen MR) is 81.7 cm³/mol. The van der Waals surface area contributed by atoms with Crippen LogP contribution in [0, 0.1) is 0 Å². The van der Waals surface area contributed by atoms with E-state index >= 15 is 0 Å². The van der Waals surface area contributed by atoms with E-state index in [-0.39, 0.29) is 6.04 Å². The van der Waals surface area contributed by atoms with Crippen LogP contribution in [0.15, 0.2) is 30.3 Å². The van der Waals surface area contributed by atoms with Crippen LogP contribution in [0.1, 0.15) is 25.5 Å². The Hall–Kier alpha value is -1.88. The van der Waals surface area contributed by atoms with E-state index in [1.165, 1.54) is 0 Å². The minimum atomic E-state index is -0.517. The SMILES string of the molecule is CCN1CCN(C(=O)C(=O)NC(C)c2ccccc2)CC1. The van der Waals surface area contributed by atoms with E-state index in [2.05, 4.69) is 17.1 Å². The Morgan fingerprint density at radius 1 is 1.14 bits per heavy atom. The van der Waals surface area contributed by atoms with Gasteiger partial charge in [-0.15, -0.1) is 0 Å². The van der Waals surface area contributed by atoms with Crippen molar-refractivity contribution in [3.8, 4) is 0 Å². The first-order valence-corrected chi connectivity index (χ1v) is 7.49. The predicted octanol–water partition coefficient (Wildman–Crippen LogP) is 1.03. The maximum Gasteiger partial charge on any atom is 0.311 e. The number of hydrogen-bond acceptors (Lipinski definition) is 3. The van der Waals surface area contributed by atoms with Crippen LogP contribution in [-0.2, 0) is 9.59 Å². The van der Waals surface area contributed by atoms with Gasteiger partial charge in [0, 0.05) is 26.2 Å². The van der Waals surface area contributed by atoms with Crippen LogP contribution in [0.25, 0.3) is 0 Å². The normalized spacial score (nSPS) is 17.3. The highest BCUT2D eigenvalue weighted by Gasteiger charge is 2.26. The summed E-state index contributed by atoms with van der Waals surface area (Å²) >= 11 is 0. The lowest BCUT2D eigenvalue weighted by Crippen LogP contribution is -2.52. The molecule has 2 amide bonds. The maximum absolute atomic E-state index is 12.2. The highest BCUT2D eigenvalue weighted by molar-refractivity contribution is 6.35. The summed E-state index contributed by atoms with van der Waals surface area (Å²) < 4.78 is 0. The fourth-order valence-corrected chi connectivity index (χ4v) is 2.49. The molecule has 0 saturated carbocycles. The largest absolute Gasteiger partial charge is 0.341 e. The molecule has 2 rings (SSSR count). The van der Waals surface area contributed by atoms with Crippen molar-refractivity contribution < 1.29 is 9.59 Å². The summed E-state index contributed by atoms with van der Waals surface area (Å²) in [5.41, 5.74) is 0.995. The average molecular weight is 289 g/mol. The second-order valence-electron chi connectivity index (χ2n) is 5.33. The third-order valence-electron chi connectivity index (χ3n) is 3.95. The Morgan fingerprint density at radius 2 is 1.76 bits per heavy atom. The molecule has 0 aromatic heterocycles. The van der Waals surface area contributed by atoms with Crippen LogP contribution in [0.3, 0.4) is 0 Å². The monoisotopic (exact) mass is 289 g/mol. The third kappa shape index (κ3) is 4.04. The lowest BCUT2D eigenvalue weighted by molar-refractivity contribution is -0.147. The zero-order valence-corrected chi connectivity index (χ0v) is 12.7. The molecule has 1 fully saturated rings. The second-order valence-corrected chi connectivity index (χ2v) is 5.33. The van der Waals surface area contributed by atoms with E-state index in [0.717, 1.165) is 25.2 Å². The molecule has 21 heavy (non-hydrogen) atoms. The summed E-state index contributed by atoms with van der Waals surface area (Å²) in [5, 5.41) is 2.77. The van der Waals surface area contributed by atoms with Crippen LogP contribution in [0.4, 0.5) is 0 Å². The summed E-state index contributed by atoms with van der Waals surface area (Å²) in [6.07, 6.45) is 0. The quantitative estimate of drug-likeness (QED) is 0.846. The Kier molecular flexibility index (Phi) is 5.33. The smallest absolute Gasteiger partial charge is 0.311 e. The molecule has 1 saturated heterocycles. The summed E-state index contributed by atoms with van der Waals surface area (Å²) in [6, 6.07) is 9.48. The average Bonchev–Trinajstić information content (AvgIpc) is 2.55. The van der Waals surface area contributed by atoms with Crippen molar-refractivity contribution >= 4 is 11.8 Å². The van der Waals surface area contributed by atoms with Gasteiger partial charge in [-0.1, -0.05) is 37.3 Å². The molecule has 1 aliphatic heterocycles. The van der Waals surface area contributed by atoms with Gasteiger partial charge in [0.1, 0.15) is 0 Å². The minimum Gasteiger partial charge on any atom is -0.341 e. The first-order valence-electron chi connectivity index (χ1n) is 7.49. The lowest BCUT2D eigenvalue weighted by atomic mass is 10.1. The van der Waals surface area contributed by atoms with Crippen LogP contribution in [0.5, 0.6) is 0 Å². The number of carbonyl (C=O) groups is 2. The first kappa shape index (κ1) is 15.5. The summed E-state index contributed by atoms with van der Waals surface area (Å²) in [5.74, 6) is -0.940. The van der Waals surface area contributed by atoms with E-state index in [1.54, 1.807) is 4.90 Å². The number of rotatable bonds is 3. The fraction of sp³-hybridized carbons (Fsp3) is 0.500. The third-order valence-corrected chi connectivity index (χ3v) is 3.95. The fourth-order valence-electron chi connectivity index (χ4n) is 2.49. The number of benzene rings is 1. The number of nitrogens with one attached hydrogen (secondary N) is 1. The van der Waals surface area contributed by atoms with Crippen molar-refractivity contribution in [3.05, 3.63) is 35.9 Å². The number of nitrogens with zero attached hydrogens (tertiary/aromatic N) is 2. The summed E-state index contributed by atoms with van der Waals surface area (Å²) in [6.45, 7) is 7.90. The van der Waals surface area contributed by atoms with Crippen LogP contribution in [0.2, 0.25) is 0 Å².